The molecule has 124 valence electrons. The summed E-state index contributed by atoms with van der Waals surface area (Å²) in [7, 11) is 1.82. The third-order valence-electron chi connectivity index (χ3n) is 3.87. The molecule has 2 aromatic heterocycles. The van der Waals surface area contributed by atoms with Gasteiger partial charge in [-0.05, 0) is 36.6 Å². The quantitative estimate of drug-likeness (QED) is 0.698. The Bertz CT molecular complexity index is 784. The number of thiazole rings is 1. The largest absolute Gasteiger partial charge is 0.380 e. The molecule has 0 radical (unpaired) electrons. The first kappa shape index (κ1) is 16.7. The molecule has 1 amide bonds. The molecule has 0 spiro atoms. The molecular formula is C18H19N3OS2. The highest BCUT2D eigenvalue weighted by atomic mass is 32.1. The number of benzene rings is 1. The van der Waals surface area contributed by atoms with Gasteiger partial charge in [-0.25, -0.2) is 4.98 Å². The van der Waals surface area contributed by atoms with Crippen LogP contribution in [0.1, 0.15) is 33.2 Å². The Morgan fingerprint density at radius 1 is 1.25 bits per heavy atom. The van der Waals surface area contributed by atoms with E-state index in [9.17, 15) is 4.79 Å². The van der Waals surface area contributed by atoms with Gasteiger partial charge < -0.3 is 10.2 Å². The molecule has 1 aromatic carbocycles. The first-order valence-corrected chi connectivity index (χ1v) is 9.44. The van der Waals surface area contributed by atoms with Gasteiger partial charge in [0.15, 0.2) is 0 Å². The molecule has 3 aromatic rings. The van der Waals surface area contributed by atoms with Crippen molar-refractivity contribution >= 4 is 34.3 Å². The maximum atomic E-state index is 12.7. The Balaban J connectivity index is 1.69. The van der Waals surface area contributed by atoms with Crippen molar-refractivity contribution in [2.24, 2.45) is 0 Å². The van der Waals surface area contributed by atoms with Crippen LogP contribution in [0.15, 0.2) is 53.4 Å². The average Bonchev–Trinajstić information content (AvgIpc) is 3.31. The van der Waals surface area contributed by atoms with Crippen LogP contribution in [0.4, 0.5) is 5.69 Å². The van der Waals surface area contributed by atoms with Crippen molar-refractivity contribution in [2.75, 3.05) is 12.4 Å². The monoisotopic (exact) mass is 357 g/mol. The number of nitrogens with one attached hydrogen (secondary N) is 1. The SMILES string of the molecule is C[C@@H](c1nccs1)N(C)C(=O)c1cccc(NCc2cccs2)c1. The Labute approximate surface area is 149 Å². The Morgan fingerprint density at radius 3 is 2.83 bits per heavy atom. The minimum Gasteiger partial charge on any atom is -0.380 e. The number of hydrogen-bond acceptors (Lipinski definition) is 5. The number of thiophene rings is 1. The number of anilines is 1. The number of aromatic nitrogens is 1. The summed E-state index contributed by atoms with van der Waals surface area (Å²) in [5.41, 5.74) is 1.63. The fraction of sp³-hybridized carbons (Fsp3) is 0.222. The number of hydrogen-bond donors (Lipinski definition) is 1. The van der Waals surface area contributed by atoms with Gasteiger partial charge >= 0.3 is 0 Å². The normalized spacial score (nSPS) is 11.9. The van der Waals surface area contributed by atoms with E-state index >= 15 is 0 Å². The maximum absolute atomic E-state index is 12.7. The number of carbonyl (C=O) groups excluding carboxylic acids is 1. The molecular weight excluding hydrogens is 338 g/mol. The van der Waals surface area contributed by atoms with E-state index in [1.807, 2.05) is 49.7 Å². The van der Waals surface area contributed by atoms with Crippen LogP contribution in [0.5, 0.6) is 0 Å². The zero-order valence-electron chi connectivity index (χ0n) is 13.6. The van der Waals surface area contributed by atoms with Crippen molar-refractivity contribution in [1.82, 2.24) is 9.88 Å². The number of nitrogens with zero attached hydrogens (tertiary/aromatic N) is 2. The highest BCUT2D eigenvalue weighted by Crippen LogP contribution is 2.23. The van der Waals surface area contributed by atoms with E-state index < -0.39 is 0 Å². The second-order valence-electron chi connectivity index (χ2n) is 5.48. The lowest BCUT2D eigenvalue weighted by atomic mass is 10.1. The predicted molar refractivity (Wildman–Crippen MR) is 101 cm³/mol. The summed E-state index contributed by atoms with van der Waals surface area (Å²) in [6.45, 7) is 2.76. The summed E-state index contributed by atoms with van der Waals surface area (Å²) < 4.78 is 0. The number of carbonyl (C=O) groups is 1. The summed E-state index contributed by atoms with van der Waals surface area (Å²) in [5, 5.41) is 8.30. The van der Waals surface area contributed by atoms with E-state index in [2.05, 4.69) is 21.7 Å². The first-order chi connectivity index (χ1) is 11.6. The van der Waals surface area contributed by atoms with Crippen molar-refractivity contribution in [3.8, 4) is 0 Å². The molecule has 0 aliphatic carbocycles. The van der Waals surface area contributed by atoms with Gasteiger partial charge in [-0.3, -0.25) is 4.79 Å². The van der Waals surface area contributed by atoms with Crippen LogP contribution in [0.2, 0.25) is 0 Å². The van der Waals surface area contributed by atoms with E-state index in [-0.39, 0.29) is 11.9 Å². The summed E-state index contributed by atoms with van der Waals surface area (Å²) in [5.74, 6) is -0.00234. The van der Waals surface area contributed by atoms with Gasteiger partial charge in [0, 0.05) is 41.3 Å². The predicted octanol–water partition coefficient (Wildman–Crippen LogP) is 4.65. The third kappa shape index (κ3) is 3.83. The Morgan fingerprint density at radius 2 is 2.12 bits per heavy atom. The van der Waals surface area contributed by atoms with Gasteiger partial charge in [-0.2, -0.15) is 0 Å². The molecule has 2 heterocycles. The van der Waals surface area contributed by atoms with Crippen molar-refractivity contribution in [3.63, 3.8) is 0 Å². The van der Waals surface area contributed by atoms with Crippen LogP contribution in [0, 0.1) is 0 Å². The molecule has 24 heavy (non-hydrogen) atoms. The first-order valence-electron chi connectivity index (χ1n) is 7.68. The fourth-order valence-corrected chi connectivity index (χ4v) is 3.73. The summed E-state index contributed by atoms with van der Waals surface area (Å²) in [6, 6.07) is 11.7. The summed E-state index contributed by atoms with van der Waals surface area (Å²) in [4.78, 5) is 20.0. The molecule has 0 saturated carbocycles. The van der Waals surface area contributed by atoms with Crippen LogP contribution >= 0.6 is 22.7 Å². The molecule has 1 atom stereocenters. The molecule has 1 N–H and O–H groups in total. The second kappa shape index (κ2) is 7.59. The van der Waals surface area contributed by atoms with Crippen molar-refractivity contribution in [1.29, 1.82) is 0 Å². The minimum absolute atomic E-state index is 0.00234. The molecule has 0 fully saturated rings. The van der Waals surface area contributed by atoms with E-state index in [4.69, 9.17) is 0 Å². The zero-order chi connectivity index (χ0) is 16.9. The minimum atomic E-state index is -0.0414. The van der Waals surface area contributed by atoms with E-state index in [1.165, 1.54) is 4.88 Å². The Hall–Kier alpha value is -2.18. The van der Waals surface area contributed by atoms with E-state index in [0.29, 0.717) is 5.56 Å². The van der Waals surface area contributed by atoms with Crippen molar-refractivity contribution < 1.29 is 4.79 Å². The zero-order valence-corrected chi connectivity index (χ0v) is 15.2. The molecule has 0 saturated heterocycles. The van der Waals surface area contributed by atoms with Crippen LogP contribution in [0.3, 0.4) is 0 Å². The summed E-state index contributed by atoms with van der Waals surface area (Å²) in [6.07, 6.45) is 1.77. The van der Waals surface area contributed by atoms with Crippen LogP contribution < -0.4 is 5.32 Å². The second-order valence-corrected chi connectivity index (χ2v) is 7.43. The third-order valence-corrected chi connectivity index (χ3v) is 5.69. The lowest BCUT2D eigenvalue weighted by Crippen LogP contribution is -2.29. The standard InChI is InChI=1S/C18H19N3OS2/c1-13(17-19-8-10-24-17)21(2)18(22)14-5-3-6-15(11-14)20-12-16-7-4-9-23-16/h3-11,13,20H,12H2,1-2H3/t13-/m0/s1. The molecule has 4 nitrogen and oxygen atoms in total. The van der Waals surface area contributed by atoms with Crippen LogP contribution in [-0.4, -0.2) is 22.8 Å². The van der Waals surface area contributed by atoms with Crippen molar-refractivity contribution in [2.45, 2.75) is 19.5 Å². The Kier molecular flexibility index (Phi) is 5.27. The van der Waals surface area contributed by atoms with Gasteiger partial charge in [-0.15, -0.1) is 22.7 Å². The van der Waals surface area contributed by atoms with E-state index in [1.54, 1.807) is 33.8 Å². The highest BCUT2D eigenvalue weighted by molar-refractivity contribution is 7.10. The summed E-state index contributed by atoms with van der Waals surface area (Å²) >= 11 is 3.28. The lowest BCUT2D eigenvalue weighted by Gasteiger charge is -2.23. The van der Waals surface area contributed by atoms with Crippen LogP contribution in [0.25, 0.3) is 0 Å². The van der Waals surface area contributed by atoms with Gasteiger partial charge in [0.2, 0.25) is 0 Å². The molecule has 0 aliphatic heterocycles. The van der Waals surface area contributed by atoms with E-state index in [0.717, 1.165) is 17.2 Å². The van der Waals surface area contributed by atoms with Gasteiger partial charge in [0.05, 0.1) is 6.04 Å². The molecule has 3 rings (SSSR count). The molecule has 0 aliphatic rings. The topological polar surface area (TPSA) is 45.2 Å². The fourth-order valence-electron chi connectivity index (χ4n) is 2.35. The van der Waals surface area contributed by atoms with Gasteiger partial charge in [0.1, 0.15) is 5.01 Å². The molecule has 0 bridgehead atoms. The maximum Gasteiger partial charge on any atom is 0.254 e. The van der Waals surface area contributed by atoms with Gasteiger partial charge in [-0.1, -0.05) is 12.1 Å². The lowest BCUT2D eigenvalue weighted by molar-refractivity contribution is 0.0742. The highest BCUT2D eigenvalue weighted by Gasteiger charge is 2.20. The van der Waals surface area contributed by atoms with Crippen molar-refractivity contribution in [3.05, 3.63) is 68.8 Å². The molecule has 0 unspecified atom stereocenters. The average molecular weight is 358 g/mol. The van der Waals surface area contributed by atoms with Crippen LogP contribution in [-0.2, 0) is 6.54 Å². The smallest absolute Gasteiger partial charge is 0.254 e. The molecule has 6 heteroatoms. The van der Waals surface area contributed by atoms with Gasteiger partial charge in [0.25, 0.3) is 5.91 Å². The number of rotatable bonds is 6. The number of amides is 1.